The van der Waals surface area contributed by atoms with Gasteiger partial charge >= 0.3 is 0 Å². The maximum Gasteiger partial charge on any atom is 0.0897 e. The molecule has 1 aromatic heterocycles. The molecule has 0 radical (unpaired) electrons. The maximum absolute atomic E-state index is 6.41. The van der Waals surface area contributed by atoms with Gasteiger partial charge in [-0.2, -0.15) is 0 Å². The van der Waals surface area contributed by atoms with Crippen molar-refractivity contribution < 1.29 is 4.74 Å². The van der Waals surface area contributed by atoms with Crippen molar-refractivity contribution in [3.63, 3.8) is 0 Å². The molecular weight excluding hydrogens is 246 g/mol. The summed E-state index contributed by atoms with van der Waals surface area (Å²) in [6.07, 6.45) is 0.842. The lowest BCUT2D eigenvalue weighted by molar-refractivity contribution is -0.0186. The third-order valence-electron chi connectivity index (χ3n) is 3.83. The van der Waals surface area contributed by atoms with Crippen LogP contribution in [0.25, 0.3) is 0 Å². The predicted molar refractivity (Wildman–Crippen MR) is 75.0 cm³/mol. The lowest BCUT2D eigenvalue weighted by atomic mass is 9.89. The molecule has 18 heavy (non-hydrogen) atoms. The van der Waals surface area contributed by atoms with Crippen molar-refractivity contribution in [3.8, 4) is 0 Å². The van der Waals surface area contributed by atoms with E-state index >= 15 is 0 Å². The predicted octanol–water partition coefficient (Wildman–Crippen LogP) is 1.43. The quantitative estimate of drug-likeness (QED) is 0.898. The molecular formula is C13H23N3OS. The van der Waals surface area contributed by atoms with Crippen LogP contribution in [0.15, 0.2) is 5.38 Å². The molecule has 1 saturated heterocycles. The third-order valence-corrected chi connectivity index (χ3v) is 4.65. The molecule has 1 atom stereocenters. The molecule has 4 nitrogen and oxygen atoms in total. The van der Waals surface area contributed by atoms with Crippen molar-refractivity contribution in [1.29, 1.82) is 0 Å². The summed E-state index contributed by atoms with van der Waals surface area (Å²) in [5.41, 5.74) is 7.51. The minimum atomic E-state index is -0.0126. The molecule has 0 saturated carbocycles. The highest BCUT2D eigenvalue weighted by molar-refractivity contribution is 7.09. The van der Waals surface area contributed by atoms with Crippen LogP contribution < -0.4 is 5.73 Å². The molecule has 0 bridgehead atoms. The van der Waals surface area contributed by atoms with E-state index in [9.17, 15) is 0 Å². The van der Waals surface area contributed by atoms with E-state index < -0.39 is 0 Å². The molecule has 0 amide bonds. The molecule has 5 heteroatoms. The average molecular weight is 269 g/mol. The summed E-state index contributed by atoms with van der Waals surface area (Å²) in [4.78, 5) is 6.94. The van der Waals surface area contributed by atoms with Gasteiger partial charge < -0.3 is 10.5 Å². The molecule has 102 valence electrons. The largest absolute Gasteiger partial charge is 0.379 e. The van der Waals surface area contributed by atoms with E-state index in [0.717, 1.165) is 43.4 Å². The van der Waals surface area contributed by atoms with Gasteiger partial charge in [-0.3, -0.25) is 4.90 Å². The Balaban J connectivity index is 1.99. The molecule has 0 spiro atoms. The van der Waals surface area contributed by atoms with Crippen LogP contribution in [0.5, 0.6) is 0 Å². The highest BCUT2D eigenvalue weighted by Gasteiger charge is 2.34. The van der Waals surface area contributed by atoms with Gasteiger partial charge in [0, 0.05) is 36.5 Å². The summed E-state index contributed by atoms with van der Waals surface area (Å²) in [5, 5.41) is 3.23. The molecule has 1 aliphatic rings. The third kappa shape index (κ3) is 3.09. The van der Waals surface area contributed by atoms with Gasteiger partial charge in [0.25, 0.3) is 0 Å². The zero-order valence-electron chi connectivity index (χ0n) is 11.5. The van der Waals surface area contributed by atoms with Crippen molar-refractivity contribution in [1.82, 2.24) is 9.88 Å². The van der Waals surface area contributed by atoms with Crippen molar-refractivity contribution in [3.05, 3.63) is 16.1 Å². The number of morpholine rings is 1. The number of aryl methyl sites for hydroxylation is 1. The highest BCUT2D eigenvalue weighted by Crippen LogP contribution is 2.22. The first-order valence-electron chi connectivity index (χ1n) is 6.49. The number of rotatable bonds is 4. The van der Waals surface area contributed by atoms with Crippen molar-refractivity contribution >= 4 is 11.3 Å². The Morgan fingerprint density at radius 2 is 2.17 bits per heavy atom. The Kier molecular flexibility index (Phi) is 4.37. The normalized spacial score (nSPS) is 20.0. The molecule has 2 heterocycles. The number of nitrogens with zero attached hydrogens (tertiary/aromatic N) is 2. The molecule has 0 aromatic carbocycles. The molecule has 2 rings (SSSR count). The van der Waals surface area contributed by atoms with Crippen LogP contribution in [-0.4, -0.2) is 47.8 Å². The van der Waals surface area contributed by atoms with Gasteiger partial charge in [-0.05, 0) is 20.8 Å². The summed E-state index contributed by atoms with van der Waals surface area (Å²) < 4.78 is 5.40. The summed E-state index contributed by atoms with van der Waals surface area (Å²) in [6.45, 7) is 10.0. The van der Waals surface area contributed by atoms with Crippen molar-refractivity contribution in [2.75, 3.05) is 26.3 Å². The fourth-order valence-corrected chi connectivity index (χ4v) is 2.98. The molecule has 2 N–H and O–H groups in total. The number of hydrogen-bond acceptors (Lipinski definition) is 5. The standard InChI is InChI=1S/C13H23N3OS/c1-10-15-11(9-18-10)8-12(14)13(2,3)16-4-6-17-7-5-16/h9,12H,4-8,14H2,1-3H3. The summed E-state index contributed by atoms with van der Waals surface area (Å²) >= 11 is 1.69. The molecule has 1 aromatic rings. The van der Waals surface area contributed by atoms with Crippen LogP contribution in [0.2, 0.25) is 0 Å². The number of aromatic nitrogens is 1. The minimum absolute atomic E-state index is 0.0126. The Labute approximate surface area is 113 Å². The molecule has 1 fully saturated rings. The first-order chi connectivity index (χ1) is 8.50. The van der Waals surface area contributed by atoms with E-state index in [0.29, 0.717) is 0 Å². The van der Waals surface area contributed by atoms with Crippen LogP contribution in [0.3, 0.4) is 0 Å². The summed E-state index contributed by atoms with van der Waals surface area (Å²) in [5.74, 6) is 0. The average Bonchev–Trinajstić information content (AvgIpc) is 2.76. The van der Waals surface area contributed by atoms with Crippen molar-refractivity contribution in [2.24, 2.45) is 5.73 Å². The van der Waals surface area contributed by atoms with E-state index in [1.165, 1.54) is 0 Å². The van der Waals surface area contributed by atoms with E-state index in [1.54, 1.807) is 11.3 Å². The van der Waals surface area contributed by atoms with Gasteiger partial charge in [0.15, 0.2) is 0 Å². The van der Waals surface area contributed by atoms with E-state index in [1.807, 2.05) is 6.92 Å². The second kappa shape index (κ2) is 5.65. The van der Waals surface area contributed by atoms with E-state index in [-0.39, 0.29) is 11.6 Å². The summed E-state index contributed by atoms with van der Waals surface area (Å²) in [7, 11) is 0. The number of ether oxygens (including phenoxy) is 1. The fraction of sp³-hybridized carbons (Fsp3) is 0.769. The zero-order valence-corrected chi connectivity index (χ0v) is 12.3. The lowest BCUT2D eigenvalue weighted by Crippen LogP contribution is -2.59. The minimum Gasteiger partial charge on any atom is -0.379 e. The lowest BCUT2D eigenvalue weighted by Gasteiger charge is -2.44. The Morgan fingerprint density at radius 3 is 2.72 bits per heavy atom. The monoisotopic (exact) mass is 269 g/mol. The number of thiazole rings is 1. The Morgan fingerprint density at radius 1 is 1.50 bits per heavy atom. The van der Waals surface area contributed by atoms with E-state index in [2.05, 4.69) is 29.1 Å². The van der Waals surface area contributed by atoms with Crippen LogP contribution in [0.4, 0.5) is 0 Å². The van der Waals surface area contributed by atoms with Gasteiger partial charge in [0.05, 0.1) is 23.9 Å². The van der Waals surface area contributed by atoms with Crippen LogP contribution >= 0.6 is 11.3 Å². The van der Waals surface area contributed by atoms with Gasteiger partial charge in [0.1, 0.15) is 0 Å². The second-order valence-corrected chi connectivity index (χ2v) is 6.48. The topological polar surface area (TPSA) is 51.4 Å². The first-order valence-corrected chi connectivity index (χ1v) is 7.37. The van der Waals surface area contributed by atoms with Gasteiger partial charge in [-0.1, -0.05) is 0 Å². The second-order valence-electron chi connectivity index (χ2n) is 5.42. The highest BCUT2D eigenvalue weighted by atomic mass is 32.1. The summed E-state index contributed by atoms with van der Waals surface area (Å²) in [6, 6.07) is 0.0945. The van der Waals surface area contributed by atoms with Crippen molar-refractivity contribution in [2.45, 2.75) is 38.8 Å². The van der Waals surface area contributed by atoms with Crippen LogP contribution in [0.1, 0.15) is 24.5 Å². The smallest absolute Gasteiger partial charge is 0.0897 e. The fourth-order valence-electron chi connectivity index (χ4n) is 2.35. The molecule has 1 aliphatic heterocycles. The van der Waals surface area contributed by atoms with E-state index in [4.69, 9.17) is 10.5 Å². The first kappa shape index (κ1) is 13.9. The Bertz CT molecular complexity index is 385. The maximum atomic E-state index is 6.41. The zero-order chi connectivity index (χ0) is 13.2. The number of hydrogen-bond donors (Lipinski definition) is 1. The van der Waals surface area contributed by atoms with Crippen LogP contribution in [0, 0.1) is 6.92 Å². The van der Waals surface area contributed by atoms with Gasteiger partial charge in [0.2, 0.25) is 0 Å². The number of nitrogens with two attached hydrogens (primary N) is 1. The SMILES string of the molecule is Cc1nc(CC(N)C(C)(C)N2CCOCC2)cs1. The van der Waals surface area contributed by atoms with Gasteiger partial charge in [-0.15, -0.1) is 11.3 Å². The molecule has 1 unspecified atom stereocenters. The van der Waals surface area contributed by atoms with Crippen LogP contribution in [-0.2, 0) is 11.2 Å². The van der Waals surface area contributed by atoms with Gasteiger partial charge in [-0.25, -0.2) is 4.98 Å². The Hall–Kier alpha value is -0.490. The molecule has 0 aliphatic carbocycles.